The van der Waals surface area contributed by atoms with Crippen LogP contribution in [-0.2, 0) is 17.6 Å². The smallest absolute Gasteiger partial charge is 0.228 e. The number of carbonyl (C=O) groups is 1. The van der Waals surface area contributed by atoms with Crippen LogP contribution in [-0.4, -0.2) is 25.7 Å². The number of fused-ring (bicyclic) bond motifs is 1. The fraction of sp³-hybridized carbons (Fsp3) is 0.350. The van der Waals surface area contributed by atoms with Crippen molar-refractivity contribution in [3.8, 4) is 17.2 Å². The van der Waals surface area contributed by atoms with Gasteiger partial charge < -0.3 is 19.5 Å². The molecule has 132 valence electrons. The van der Waals surface area contributed by atoms with Gasteiger partial charge in [0.1, 0.15) is 23.4 Å². The number of benzene rings is 2. The van der Waals surface area contributed by atoms with Crippen molar-refractivity contribution in [1.82, 2.24) is 0 Å². The van der Waals surface area contributed by atoms with Crippen LogP contribution in [0, 0.1) is 0 Å². The van der Waals surface area contributed by atoms with Gasteiger partial charge >= 0.3 is 0 Å². The van der Waals surface area contributed by atoms with Crippen molar-refractivity contribution in [2.45, 2.75) is 32.8 Å². The third-order valence-electron chi connectivity index (χ3n) is 4.10. The van der Waals surface area contributed by atoms with Crippen molar-refractivity contribution in [1.29, 1.82) is 0 Å². The van der Waals surface area contributed by atoms with Crippen LogP contribution in [0.3, 0.4) is 0 Å². The zero-order chi connectivity index (χ0) is 17.8. The number of rotatable bonds is 6. The summed E-state index contributed by atoms with van der Waals surface area (Å²) in [6.45, 7) is 4.49. The maximum absolute atomic E-state index is 12.4. The molecule has 1 N–H and O–H groups in total. The molecule has 0 fully saturated rings. The molecule has 0 unspecified atom stereocenters. The quantitative estimate of drug-likeness (QED) is 0.872. The van der Waals surface area contributed by atoms with Crippen molar-refractivity contribution in [2.75, 3.05) is 19.0 Å². The van der Waals surface area contributed by atoms with Gasteiger partial charge in [-0.15, -0.1) is 0 Å². The Hall–Kier alpha value is -2.69. The minimum absolute atomic E-state index is 0.0999. The fourth-order valence-electron chi connectivity index (χ4n) is 2.94. The Labute approximate surface area is 147 Å². The second-order valence-electron chi connectivity index (χ2n) is 6.09. The fourth-order valence-corrected chi connectivity index (χ4v) is 2.94. The molecule has 1 amide bonds. The molecule has 0 bridgehead atoms. The first kappa shape index (κ1) is 17.1. The summed E-state index contributed by atoms with van der Waals surface area (Å²) in [7, 11) is 1.62. The summed E-state index contributed by atoms with van der Waals surface area (Å²) in [6, 6.07) is 11.3. The van der Waals surface area contributed by atoms with Crippen molar-refractivity contribution in [2.24, 2.45) is 0 Å². The van der Waals surface area contributed by atoms with E-state index in [9.17, 15) is 4.79 Å². The van der Waals surface area contributed by atoms with E-state index in [1.807, 2.05) is 50.2 Å². The second kappa shape index (κ2) is 7.47. The van der Waals surface area contributed by atoms with Crippen LogP contribution in [0.1, 0.15) is 25.0 Å². The van der Waals surface area contributed by atoms with Crippen molar-refractivity contribution < 1.29 is 19.0 Å². The van der Waals surface area contributed by atoms with Crippen molar-refractivity contribution in [3.05, 3.63) is 47.5 Å². The van der Waals surface area contributed by atoms with Crippen LogP contribution in [0.2, 0.25) is 0 Å². The maximum Gasteiger partial charge on any atom is 0.228 e. The Bertz CT molecular complexity index is 755. The van der Waals surface area contributed by atoms with Crippen LogP contribution >= 0.6 is 0 Å². The van der Waals surface area contributed by atoms with E-state index in [1.54, 1.807) is 7.11 Å². The molecule has 1 atom stereocenters. The van der Waals surface area contributed by atoms with Gasteiger partial charge in [0.2, 0.25) is 5.91 Å². The van der Waals surface area contributed by atoms with E-state index in [0.29, 0.717) is 18.0 Å². The number of methoxy groups -OCH3 is 1. The highest BCUT2D eigenvalue weighted by Gasteiger charge is 2.22. The lowest BCUT2D eigenvalue weighted by molar-refractivity contribution is -0.115. The molecule has 2 aromatic rings. The van der Waals surface area contributed by atoms with E-state index < -0.39 is 0 Å². The lowest BCUT2D eigenvalue weighted by Gasteiger charge is -2.13. The van der Waals surface area contributed by atoms with Crippen LogP contribution in [0.15, 0.2) is 36.4 Å². The lowest BCUT2D eigenvalue weighted by atomic mass is 10.1. The van der Waals surface area contributed by atoms with Crippen LogP contribution < -0.4 is 19.5 Å². The molecule has 0 saturated carbocycles. The lowest BCUT2D eigenvalue weighted by Crippen LogP contribution is -2.15. The highest BCUT2D eigenvalue weighted by molar-refractivity contribution is 5.94. The van der Waals surface area contributed by atoms with Gasteiger partial charge in [0.25, 0.3) is 0 Å². The Morgan fingerprint density at radius 2 is 2.04 bits per heavy atom. The summed E-state index contributed by atoms with van der Waals surface area (Å²) in [6.07, 6.45) is 1.29. The molecule has 0 spiro atoms. The Morgan fingerprint density at radius 3 is 2.72 bits per heavy atom. The van der Waals surface area contributed by atoms with E-state index in [4.69, 9.17) is 14.2 Å². The van der Waals surface area contributed by atoms with E-state index in [-0.39, 0.29) is 18.4 Å². The Balaban J connectivity index is 1.74. The standard InChI is InChI=1S/C20H23NO4/c1-4-24-19-11-15-9-13(2)25-18(15)12-17(19)21-20(22)10-14-5-7-16(23-3)8-6-14/h5-8,11-13H,4,9-10H2,1-3H3,(H,21,22)/t13-/m0/s1. The van der Waals surface area contributed by atoms with Gasteiger partial charge in [-0.2, -0.15) is 0 Å². The minimum atomic E-state index is -0.0999. The van der Waals surface area contributed by atoms with E-state index in [2.05, 4.69) is 5.32 Å². The maximum atomic E-state index is 12.4. The SMILES string of the molecule is CCOc1cc2c(cc1NC(=O)Cc1ccc(OC)cc1)O[C@@H](C)C2. The average molecular weight is 341 g/mol. The predicted molar refractivity (Wildman–Crippen MR) is 96.7 cm³/mol. The number of nitrogens with one attached hydrogen (secondary N) is 1. The molecule has 0 aromatic heterocycles. The molecule has 5 nitrogen and oxygen atoms in total. The first-order valence-electron chi connectivity index (χ1n) is 8.48. The molecule has 0 aliphatic carbocycles. The Kier molecular flexibility index (Phi) is 5.12. The zero-order valence-electron chi connectivity index (χ0n) is 14.8. The molecule has 25 heavy (non-hydrogen) atoms. The third-order valence-corrected chi connectivity index (χ3v) is 4.10. The van der Waals surface area contributed by atoms with E-state index in [1.165, 1.54) is 0 Å². The summed E-state index contributed by atoms with van der Waals surface area (Å²) < 4.78 is 16.6. The minimum Gasteiger partial charge on any atom is -0.497 e. The van der Waals surface area contributed by atoms with Gasteiger partial charge in [0.15, 0.2) is 0 Å². The summed E-state index contributed by atoms with van der Waals surface area (Å²) in [4.78, 5) is 12.4. The summed E-state index contributed by atoms with van der Waals surface area (Å²) in [5.41, 5.74) is 2.68. The highest BCUT2D eigenvalue weighted by atomic mass is 16.5. The molecule has 5 heteroatoms. The zero-order valence-corrected chi connectivity index (χ0v) is 14.8. The number of amides is 1. The number of hydrogen-bond donors (Lipinski definition) is 1. The molecule has 3 rings (SSSR count). The average Bonchev–Trinajstić information content (AvgIpc) is 2.95. The normalized spacial score (nSPS) is 15.2. The van der Waals surface area contributed by atoms with Crippen LogP contribution in [0.25, 0.3) is 0 Å². The van der Waals surface area contributed by atoms with Crippen molar-refractivity contribution >= 4 is 11.6 Å². The van der Waals surface area contributed by atoms with Gasteiger partial charge in [0.05, 0.1) is 25.8 Å². The largest absolute Gasteiger partial charge is 0.497 e. The van der Waals surface area contributed by atoms with Crippen molar-refractivity contribution in [3.63, 3.8) is 0 Å². The summed E-state index contributed by atoms with van der Waals surface area (Å²) >= 11 is 0. The molecule has 2 aromatic carbocycles. The van der Waals surface area contributed by atoms with Crippen LogP contribution in [0.5, 0.6) is 17.2 Å². The van der Waals surface area contributed by atoms with Gasteiger partial charge in [-0.25, -0.2) is 0 Å². The first-order valence-corrected chi connectivity index (χ1v) is 8.48. The Morgan fingerprint density at radius 1 is 1.28 bits per heavy atom. The summed E-state index contributed by atoms with van der Waals surface area (Å²) in [5, 5.41) is 2.94. The van der Waals surface area contributed by atoms with Gasteiger partial charge in [-0.1, -0.05) is 12.1 Å². The number of anilines is 1. The third kappa shape index (κ3) is 4.05. The van der Waals surface area contributed by atoms with Crippen LogP contribution in [0.4, 0.5) is 5.69 Å². The molecule has 0 radical (unpaired) electrons. The highest BCUT2D eigenvalue weighted by Crippen LogP contribution is 2.38. The van der Waals surface area contributed by atoms with Gasteiger partial charge in [-0.05, 0) is 37.6 Å². The first-order chi connectivity index (χ1) is 12.1. The van der Waals surface area contributed by atoms with Gasteiger partial charge in [0, 0.05) is 18.1 Å². The molecular weight excluding hydrogens is 318 g/mol. The van der Waals surface area contributed by atoms with E-state index >= 15 is 0 Å². The molecule has 1 aliphatic heterocycles. The monoisotopic (exact) mass is 341 g/mol. The summed E-state index contributed by atoms with van der Waals surface area (Å²) in [5.74, 6) is 2.17. The number of ether oxygens (including phenoxy) is 3. The second-order valence-corrected chi connectivity index (χ2v) is 6.09. The molecule has 1 heterocycles. The molecular formula is C20H23NO4. The molecule has 0 saturated heterocycles. The predicted octanol–water partition coefficient (Wildman–Crippen LogP) is 3.60. The van der Waals surface area contributed by atoms with Gasteiger partial charge in [-0.3, -0.25) is 4.79 Å². The number of hydrogen-bond acceptors (Lipinski definition) is 4. The number of carbonyl (C=O) groups excluding carboxylic acids is 1. The topological polar surface area (TPSA) is 56.8 Å². The molecule has 1 aliphatic rings. The van der Waals surface area contributed by atoms with E-state index in [0.717, 1.165) is 29.0 Å².